The van der Waals surface area contributed by atoms with Gasteiger partial charge in [0.2, 0.25) is 5.91 Å². The minimum Gasteiger partial charge on any atom is -0.507 e. The quantitative estimate of drug-likeness (QED) is 0.894. The third-order valence-electron chi connectivity index (χ3n) is 3.93. The smallest absolute Gasteiger partial charge is 0.257 e. The van der Waals surface area contributed by atoms with Crippen LogP contribution in [0.5, 0.6) is 5.75 Å². The summed E-state index contributed by atoms with van der Waals surface area (Å²) < 4.78 is 0. The number of carbonyl (C=O) groups is 2. The Morgan fingerprint density at radius 3 is 2.86 bits per heavy atom. The van der Waals surface area contributed by atoms with E-state index in [1.54, 1.807) is 17.0 Å². The van der Waals surface area contributed by atoms with Crippen molar-refractivity contribution in [1.29, 1.82) is 0 Å². The van der Waals surface area contributed by atoms with Crippen molar-refractivity contribution in [3.05, 3.63) is 28.8 Å². The van der Waals surface area contributed by atoms with Gasteiger partial charge in [-0.05, 0) is 43.9 Å². The number of rotatable bonds is 4. The summed E-state index contributed by atoms with van der Waals surface area (Å²) >= 11 is 5.81. The number of likely N-dealkylation sites (tertiary alicyclic amines) is 1. The molecule has 2 N–H and O–H groups in total. The lowest BCUT2D eigenvalue weighted by Gasteiger charge is -2.36. The molecule has 1 unspecified atom stereocenters. The van der Waals surface area contributed by atoms with Gasteiger partial charge in [-0.2, -0.15) is 0 Å². The van der Waals surface area contributed by atoms with Gasteiger partial charge in [-0.1, -0.05) is 11.6 Å². The molecule has 1 heterocycles. The molecule has 0 aromatic heterocycles. The van der Waals surface area contributed by atoms with Crippen LogP contribution in [-0.4, -0.2) is 41.0 Å². The van der Waals surface area contributed by atoms with Gasteiger partial charge >= 0.3 is 0 Å². The van der Waals surface area contributed by atoms with Crippen molar-refractivity contribution in [2.45, 2.75) is 38.6 Å². The molecular weight excluding hydrogens is 304 g/mol. The first-order chi connectivity index (χ1) is 10.5. The third-order valence-corrected chi connectivity index (χ3v) is 4.16. The predicted molar refractivity (Wildman–Crippen MR) is 85.1 cm³/mol. The van der Waals surface area contributed by atoms with Crippen LogP contribution >= 0.6 is 11.6 Å². The zero-order valence-corrected chi connectivity index (χ0v) is 13.4. The Labute approximate surface area is 135 Å². The second-order valence-electron chi connectivity index (χ2n) is 5.58. The van der Waals surface area contributed by atoms with Gasteiger partial charge in [-0.15, -0.1) is 0 Å². The minimum absolute atomic E-state index is 0.0657. The zero-order chi connectivity index (χ0) is 16.1. The second-order valence-corrected chi connectivity index (χ2v) is 6.02. The lowest BCUT2D eigenvalue weighted by atomic mass is 9.98. The maximum Gasteiger partial charge on any atom is 0.257 e. The highest BCUT2D eigenvalue weighted by atomic mass is 35.5. The van der Waals surface area contributed by atoms with Crippen LogP contribution in [0.3, 0.4) is 0 Å². The number of phenolic OH excluding ortho intramolecular Hbond substituents is 1. The number of carbonyl (C=O) groups excluding carboxylic acids is 2. The Morgan fingerprint density at radius 2 is 2.18 bits per heavy atom. The van der Waals surface area contributed by atoms with E-state index >= 15 is 0 Å². The Kier molecular flexibility index (Phi) is 5.66. The number of amides is 2. The average molecular weight is 325 g/mol. The zero-order valence-electron chi connectivity index (χ0n) is 12.6. The SMILES string of the molecule is CC(=O)NCCC1CCCCN1C(=O)c1ccc(Cl)cc1O. The van der Waals surface area contributed by atoms with Crippen molar-refractivity contribution in [1.82, 2.24) is 10.2 Å². The molecule has 0 bridgehead atoms. The van der Waals surface area contributed by atoms with Gasteiger partial charge in [0, 0.05) is 31.1 Å². The van der Waals surface area contributed by atoms with Gasteiger partial charge in [0.15, 0.2) is 0 Å². The summed E-state index contributed by atoms with van der Waals surface area (Å²) in [7, 11) is 0. The number of piperidine rings is 1. The van der Waals surface area contributed by atoms with Crippen molar-refractivity contribution in [2.75, 3.05) is 13.1 Å². The summed E-state index contributed by atoms with van der Waals surface area (Å²) in [6.07, 6.45) is 3.66. The molecule has 2 rings (SSSR count). The van der Waals surface area contributed by atoms with Crippen molar-refractivity contribution < 1.29 is 14.7 Å². The molecule has 1 saturated heterocycles. The normalized spacial score (nSPS) is 18.1. The fourth-order valence-corrected chi connectivity index (χ4v) is 2.99. The third kappa shape index (κ3) is 4.13. The fourth-order valence-electron chi connectivity index (χ4n) is 2.82. The summed E-state index contributed by atoms with van der Waals surface area (Å²) in [6, 6.07) is 4.62. The van der Waals surface area contributed by atoms with Crippen molar-refractivity contribution >= 4 is 23.4 Å². The average Bonchev–Trinajstić information content (AvgIpc) is 2.47. The molecule has 1 aromatic rings. The van der Waals surface area contributed by atoms with E-state index in [1.807, 2.05) is 0 Å². The first kappa shape index (κ1) is 16.6. The molecule has 5 nitrogen and oxygen atoms in total. The fraction of sp³-hybridized carbons (Fsp3) is 0.500. The number of benzene rings is 1. The van der Waals surface area contributed by atoms with E-state index in [-0.39, 0.29) is 29.2 Å². The summed E-state index contributed by atoms with van der Waals surface area (Å²) in [5.74, 6) is -0.339. The molecule has 6 heteroatoms. The van der Waals surface area contributed by atoms with E-state index in [9.17, 15) is 14.7 Å². The van der Waals surface area contributed by atoms with Crippen LogP contribution in [0.4, 0.5) is 0 Å². The van der Waals surface area contributed by atoms with Gasteiger partial charge in [-0.25, -0.2) is 0 Å². The summed E-state index contributed by atoms with van der Waals surface area (Å²) in [5, 5.41) is 13.1. The lowest BCUT2D eigenvalue weighted by molar-refractivity contribution is -0.119. The predicted octanol–water partition coefficient (Wildman–Crippen LogP) is 2.57. The summed E-state index contributed by atoms with van der Waals surface area (Å²) in [6.45, 7) is 2.71. The number of halogens is 1. The van der Waals surface area contributed by atoms with Crippen molar-refractivity contribution in [2.24, 2.45) is 0 Å². The molecular formula is C16H21ClN2O3. The highest BCUT2D eigenvalue weighted by Gasteiger charge is 2.28. The Bertz CT molecular complexity index is 562. The molecule has 0 saturated carbocycles. The van der Waals surface area contributed by atoms with Crippen molar-refractivity contribution in [3.63, 3.8) is 0 Å². The molecule has 2 amide bonds. The van der Waals surface area contributed by atoms with Crippen LogP contribution in [0.15, 0.2) is 18.2 Å². The monoisotopic (exact) mass is 324 g/mol. The van der Waals surface area contributed by atoms with Crippen LogP contribution in [0.2, 0.25) is 5.02 Å². The largest absolute Gasteiger partial charge is 0.507 e. The number of hydrogen-bond donors (Lipinski definition) is 2. The highest BCUT2D eigenvalue weighted by Crippen LogP contribution is 2.27. The number of nitrogens with zero attached hydrogens (tertiary/aromatic N) is 1. The Morgan fingerprint density at radius 1 is 1.41 bits per heavy atom. The molecule has 1 fully saturated rings. The molecule has 1 atom stereocenters. The van der Waals surface area contributed by atoms with Crippen LogP contribution in [0.1, 0.15) is 43.0 Å². The van der Waals surface area contributed by atoms with Crippen LogP contribution in [0, 0.1) is 0 Å². The first-order valence-corrected chi connectivity index (χ1v) is 7.90. The maximum atomic E-state index is 12.7. The molecule has 1 aliphatic rings. The molecule has 120 valence electrons. The molecule has 0 radical (unpaired) electrons. The minimum atomic E-state index is -0.179. The van der Waals surface area contributed by atoms with Gasteiger partial charge < -0.3 is 15.3 Å². The van der Waals surface area contributed by atoms with Crippen LogP contribution in [0.25, 0.3) is 0 Å². The Balaban J connectivity index is 2.09. The van der Waals surface area contributed by atoms with E-state index in [1.165, 1.54) is 13.0 Å². The lowest BCUT2D eigenvalue weighted by Crippen LogP contribution is -2.45. The maximum absolute atomic E-state index is 12.7. The van der Waals surface area contributed by atoms with Crippen LogP contribution in [-0.2, 0) is 4.79 Å². The van der Waals surface area contributed by atoms with Gasteiger partial charge in [0.05, 0.1) is 5.56 Å². The van der Waals surface area contributed by atoms with Gasteiger partial charge in [-0.3, -0.25) is 9.59 Å². The van der Waals surface area contributed by atoms with E-state index in [2.05, 4.69) is 5.32 Å². The molecule has 22 heavy (non-hydrogen) atoms. The number of aromatic hydroxyl groups is 1. The summed E-state index contributed by atoms with van der Waals surface area (Å²) in [5.41, 5.74) is 0.274. The summed E-state index contributed by atoms with van der Waals surface area (Å²) in [4.78, 5) is 25.4. The Hall–Kier alpha value is -1.75. The van der Waals surface area contributed by atoms with Gasteiger partial charge in [0.25, 0.3) is 5.91 Å². The first-order valence-electron chi connectivity index (χ1n) is 7.53. The topological polar surface area (TPSA) is 69.6 Å². The van der Waals surface area contributed by atoms with E-state index in [0.717, 1.165) is 25.7 Å². The highest BCUT2D eigenvalue weighted by molar-refractivity contribution is 6.30. The molecule has 1 aliphatic heterocycles. The standard InChI is InChI=1S/C16H21ClN2O3/c1-11(20)18-8-7-13-4-2-3-9-19(13)16(22)14-6-5-12(17)10-15(14)21/h5-6,10,13,21H,2-4,7-9H2,1H3,(H,18,20). The number of nitrogens with one attached hydrogen (secondary N) is 1. The van der Waals surface area contributed by atoms with Gasteiger partial charge in [0.1, 0.15) is 5.75 Å². The van der Waals surface area contributed by atoms with E-state index in [4.69, 9.17) is 11.6 Å². The molecule has 1 aromatic carbocycles. The number of phenols is 1. The molecule has 0 spiro atoms. The van der Waals surface area contributed by atoms with E-state index < -0.39 is 0 Å². The molecule has 0 aliphatic carbocycles. The van der Waals surface area contributed by atoms with E-state index in [0.29, 0.717) is 18.1 Å². The van der Waals surface area contributed by atoms with Crippen LogP contribution < -0.4 is 5.32 Å². The van der Waals surface area contributed by atoms with Crippen molar-refractivity contribution in [3.8, 4) is 5.75 Å². The second kappa shape index (κ2) is 7.49. The number of hydrogen-bond acceptors (Lipinski definition) is 3.